The van der Waals surface area contributed by atoms with Gasteiger partial charge < -0.3 is 10.1 Å². The van der Waals surface area contributed by atoms with Crippen LogP contribution in [-0.4, -0.2) is 37.7 Å². The van der Waals surface area contributed by atoms with Gasteiger partial charge in [-0.05, 0) is 50.2 Å². The maximum atomic E-state index is 6.02. The number of benzene rings is 1. The van der Waals surface area contributed by atoms with Gasteiger partial charge in [-0.15, -0.1) is 0 Å². The molecule has 1 aliphatic rings. The maximum absolute atomic E-state index is 6.02. The summed E-state index contributed by atoms with van der Waals surface area (Å²) in [6.45, 7) is 9.61. The number of anilines is 1. The van der Waals surface area contributed by atoms with E-state index in [1.807, 2.05) is 33.0 Å². The Labute approximate surface area is 118 Å². The molecule has 1 fully saturated rings. The molecule has 1 atom stereocenters. The Kier molecular flexibility index (Phi) is 7.34. The summed E-state index contributed by atoms with van der Waals surface area (Å²) in [6.07, 6.45) is 2.77. The molecular formula is C16H28N2O. The summed E-state index contributed by atoms with van der Waals surface area (Å²) in [7, 11) is 1.93. The molecule has 0 saturated carbocycles. The lowest BCUT2D eigenvalue weighted by Crippen LogP contribution is -2.40. The Hall–Kier alpha value is -1.22. The van der Waals surface area contributed by atoms with Crippen molar-refractivity contribution < 1.29 is 4.74 Å². The largest absolute Gasteiger partial charge is 0.489 e. The van der Waals surface area contributed by atoms with Crippen molar-refractivity contribution in [1.82, 2.24) is 4.90 Å². The second-order valence-electron chi connectivity index (χ2n) is 4.55. The SMILES string of the molecule is CC.CCN1CCCC(Oc2ccc(NC)cc2)C1. The van der Waals surface area contributed by atoms with Gasteiger partial charge in [0, 0.05) is 19.3 Å². The van der Waals surface area contributed by atoms with Gasteiger partial charge in [0.15, 0.2) is 0 Å². The van der Waals surface area contributed by atoms with E-state index in [1.54, 1.807) is 0 Å². The Morgan fingerprint density at radius 1 is 1.26 bits per heavy atom. The molecule has 1 saturated heterocycles. The lowest BCUT2D eigenvalue weighted by Gasteiger charge is -2.32. The number of piperidine rings is 1. The zero-order valence-electron chi connectivity index (χ0n) is 12.8. The Morgan fingerprint density at radius 3 is 2.53 bits per heavy atom. The van der Waals surface area contributed by atoms with Crippen molar-refractivity contribution in [2.45, 2.75) is 39.7 Å². The summed E-state index contributed by atoms with van der Waals surface area (Å²) in [6, 6.07) is 8.18. The van der Waals surface area contributed by atoms with Gasteiger partial charge in [-0.2, -0.15) is 0 Å². The highest BCUT2D eigenvalue weighted by molar-refractivity contribution is 5.45. The summed E-state index contributed by atoms with van der Waals surface area (Å²) < 4.78 is 6.02. The van der Waals surface area contributed by atoms with Crippen LogP contribution in [0.4, 0.5) is 5.69 Å². The third kappa shape index (κ3) is 5.11. The summed E-state index contributed by atoms with van der Waals surface area (Å²) in [5.74, 6) is 0.979. The molecule has 1 N–H and O–H groups in total. The molecule has 3 nitrogen and oxygen atoms in total. The Balaban J connectivity index is 0.000000861. The van der Waals surface area contributed by atoms with E-state index in [9.17, 15) is 0 Å². The second-order valence-corrected chi connectivity index (χ2v) is 4.55. The first kappa shape index (κ1) is 15.8. The number of hydrogen-bond acceptors (Lipinski definition) is 3. The van der Waals surface area contributed by atoms with E-state index in [4.69, 9.17) is 4.74 Å². The molecule has 0 radical (unpaired) electrons. The van der Waals surface area contributed by atoms with Crippen LogP contribution in [0.25, 0.3) is 0 Å². The van der Waals surface area contributed by atoms with Crippen LogP contribution >= 0.6 is 0 Å². The molecule has 0 aliphatic carbocycles. The molecule has 0 bridgehead atoms. The van der Waals surface area contributed by atoms with Crippen molar-refractivity contribution in [2.75, 3.05) is 32.0 Å². The first-order chi connectivity index (χ1) is 9.31. The normalized spacial score (nSPS) is 19.3. The lowest BCUT2D eigenvalue weighted by atomic mass is 10.1. The van der Waals surface area contributed by atoms with E-state index < -0.39 is 0 Å². The number of nitrogens with zero attached hydrogens (tertiary/aromatic N) is 1. The summed E-state index contributed by atoms with van der Waals surface area (Å²) in [5, 5.41) is 3.11. The predicted molar refractivity (Wildman–Crippen MR) is 83.1 cm³/mol. The third-order valence-corrected chi connectivity index (χ3v) is 3.36. The van der Waals surface area contributed by atoms with Gasteiger partial charge in [-0.25, -0.2) is 0 Å². The van der Waals surface area contributed by atoms with Crippen LogP contribution in [-0.2, 0) is 0 Å². The average Bonchev–Trinajstić information content (AvgIpc) is 2.50. The van der Waals surface area contributed by atoms with E-state index in [1.165, 1.54) is 19.4 Å². The molecule has 1 aromatic rings. The molecule has 0 amide bonds. The van der Waals surface area contributed by atoms with Gasteiger partial charge in [0.1, 0.15) is 11.9 Å². The van der Waals surface area contributed by atoms with Gasteiger partial charge in [0.2, 0.25) is 0 Å². The van der Waals surface area contributed by atoms with Crippen LogP contribution in [0.5, 0.6) is 5.75 Å². The second kappa shape index (κ2) is 8.81. The Morgan fingerprint density at radius 2 is 1.95 bits per heavy atom. The first-order valence-electron chi connectivity index (χ1n) is 7.48. The molecule has 3 heteroatoms. The zero-order valence-corrected chi connectivity index (χ0v) is 12.8. The van der Waals surface area contributed by atoms with Crippen molar-refractivity contribution in [1.29, 1.82) is 0 Å². The van der Waals surface area contributed by atoms with Crippen LogP contribution in [0.3, 0.4) is 0 Å². The minimum Gasteiger partial charge on any atom is -0.489 e. The molecule has 108 valence electrons. The third-order valence-electron chi connectivity index (χ3n) is 3.36. The van der Waals surface area contributed by atoms with E-state index >= 15 is 0 Å². The predicted octanol–water partition coefficient (Wildman–Crippen LogP) is 3.62. The fraction of sp³-hybridized carbons (Fsp3) is 0.625. The molecule has 2 rings (SSSR count). The van der Waals surface area contributed by atoms with Gasteiger partial charge in [-0.1, -0.05) is 20.8 Å². The highest BCUT2D eigenvalue weighted by Gasteiger charge is 2.19. The molecular weight excluding hydrogens is 236 g/mol. The average molecular weight is 264 g/mol. The fourth-order valence-corrected chi connectivity index (χ4v) is 2.29. The van der Waals surface area contributed by atoms with E-state index in [0.29, 0.717) is 6.10 Å². The van der Waals surface area contributed by atoms with Gasteiger partial charge >= 0.3 is 0 Å². The molecule has 1 unspecified atom stereocenters. The fourth-order valence-electron chi connectivity index (χ4n) is 2.29. The van der Waals surface area contributed by atoms with Crippen LogP contribution < -0.4 is 10.1 Å². The van der Waals surface area contributed by atoms with Crippen molar-refractivity contribution >= 4 is 5.69 Å². The van der Waals surface area contributed by atoms with E-state index in [-0.39, 0.29) is 0 Å². The smallest absolute Gasteiger partial charge is 0.119 e. The quantitative estimate of drug-likeness (QED) is 0.899. The topological polar surface area (TPSA) is 24.5 Å². The maximum Gasteiger partial charge on any atom is 0.119 e. The van der Waals surface area contributed by atoms with Crippen LogP contribution in [0.15, 0.2) is 24.3 Å². The molecule has 0 spiro atoms. The summed E-state index contributed by atoms with van der Waals surface area (Å²) >= 11 is 0. The van der Waals surface area contributed by atoms with Crippen molar-refractivity contribution in [3.63, 3.8) is 0 Å². The zero-order chi connectivity index (χ0) is 14.1. The summed E-state index contributed by atoms with van der Waals surface area (Å²) in [4.78, 5) is 2.45. The van der Waals surface area contributed by atoms with Gasteiger partial charge in [0.25, 0.3) is 0 Å². The molecule has 1 aromatic carbocycles. The van der Waals surface area contributed by atoms with Crippen LogP contribution in [0.1, 0.15) is 33.6 Å². The molecule has 19 heavy (non-hydrogen) atoms. The van der Waals surface area contributed by atoms with Crippen molar-refractivity contribution in [2.24, 2.45) is 0 Å². The highest BCUT2D eigenvalue weighted by atomic mass is 16.5. The number of ether oxygens (including phenoxy) is 1. The number of rotatable bonds is 4. The van der Waals surface area contributed by atoms with Crippen LogP contribution in [0, 0.1) is 0 Å². The van der Waals surface area contributed by atoms with E-state index in [0.717, 1.165) is 24.5 Å². The first-order valence-corrected chi connectivity index (χ1v) is 7.48. The monoisotopic (exact) mass is 264 g/mol. The highest BCUT2D eigenvalue weighted by Crippen LogP contribution is 2.20. The number of likely N-dealkylation sites (tertiary alicyclic amines) is 1. The van der Waals surface area contributed by atoms with Crippen LogP contribution in [0.2, 0.25) is 0 Å². The lowest BCUT2D eigenvalue weighted by molar-refractivity contribution is 0.0920. The molecule has 1 heterocycles. The van der Waals surface area contributed by atoms with Gasteiger partial charge in [0.05, 0.1) is 0 Å². The minimum absolute atomic E-state index is 0.351. The minimum atomic E-state index is 0.351. The number of hydrogen-bond donors (Lipinski definition) is 1. The number of likely N-dealkylation sites (N-methyl/N-ethyl adjacent to an activating group) is 1. The Bertz CT molecular complexity index is 337. The van der Waals surface area contributed by atoms with Crippen molar-refractivity contribution in [3.8, 4) is 5.75 Å². The molecule has 1 aliphatic heterocycles. The van der Waals surface area contributed by atoms with Gasteiger partial charge in [-0.3, -0.25) is 4.90 Å². The van der Waals surface area contributed by atoms with Crippen molar-refractivity contribution in [3.05, 3.63) is 24.3 Å². The summed E-state index contributed by atoms with van der Waals surface area (Å²) in [5.41, 5.74) is 1.12. The number of nitrogens with one attached hydrogen (secondary N) is 1. The molecule has 0 aromatic heterocycles. The standard InChI is InChI=1S/C14H22N2O.C2H6/c1-3-16-10-4-5-14(11-16)17-13-8-6-12(15-2)7-9-13;1-2/h6-9,14-15H,3-5,10-11H2,1-2H3;1-2H3. The van der Waals surface area contributed by atoms with E-state index in [2.05, 4.69) is 29.3 Å².